The van der Waals surface area contributed by atoms with Crippen LogP contribution in [0.25, 0.3) is 10.2 Å². The number of fused-ring (bicyclic) bond motifs is 1. The number of amides is 1. The first-order chi connectivity index (χ1) is 16.5. The lowest BCUT2D eigenvalue weighted by molar-refractivity contribution is -0.136. The van der Waals surface area contributed by atoms with E-state index in [1.165, 1.54) is 29.5 Å². The van der Waals surface area contributed by atoms with Gasteiger partial charge in [0, 0.05) is 13.0 Å². The first kappa shape index (κ1) is 24.5. The van der Waals surface area contributed by atoms with Crippen molar-refractivity contribution >= 4 is 45.2 Å². The number of aromatic nitrogens is 1. The van der Waals surface area contributed by atoms with Crippen LogP contribution in [-0.4, -0.2) is 52.3 Å². The third-order valence-electron chi connectivity index (χ3n) is 6.16. The highest BCUT2D eigenvalue weighted by Crippen LogP contribution is 2.33. The van der Waals surface area contributed by atoms with E-state index in [2.05, 4.69) is 4.98 Å². The molecule has 1 heterocycles. The minimum Gasteiger partial charge on any atom is -0.492 e. The molecule has 1 unspecified atom stereocenters. The van der Waals surface area contributed by atoms with E-state index in [1.54, 1.807) is 4.90 Å². The molecule has 1 fully saturated rings. The Morgan fingerprint density at radius 3 is 2.59 bits per heavy atom. The third-order valence-corrected chi connectivity index (χ3v) is 8.48. The van der Waals surface area contributed by atoms with E-state index < -0.39 is 11.2 Å². The molecule has 34 heavy (non-hydrogen) atoms. The average molecular weight is 499 g/mol. The van der Waals surface area contributed by atoms with Crippen molar-refractivity contribution in [2.75, 3.05) is 20.2 Å². The van der Waals surface area contributed by atoms with Crippen LogP contribution in [0.15, 0.2) is 52.9 Å². The molecule has 1 aliphatic carbocycles. The number of hydrogen-bond acceptors (Lipinski definition) is 6. The molecular formula is C26H30N2O4S2. The zero-order valence-corrected chi connectivity index (χ0v) is 20.9. The van der Waals surface area contributed by atoms with Crippen molar-refractivity contribution in [3.63, 3.8) is 0 Å². The summed E-state index contributed by atoms with van der Waals surface area (Å²) in [5.74, 6) is 0.257. The lowest BCUT2D eigenvalue weighted by atomic mass is 9.88. The minimum atomic E-state index is -0.852. The molecule has 4 rings (SSSR count). The lowest BCUT2D eigenvalue weighted by Crippen LogP contribution is -2.36. The molecular weight excluding hydrogens is 468 g/mol. The summed E-state index contributed by atoms with van der Waals surface area (Å²) in [7, 11) is 1.85. The Hall–Kier alpha value is -2.58. The standard InChI is InChI=1S/C26H30N2O4S2/c1-28(24(29)19-7-3-2-4-8-19)15-16-32-20-13-11-18(12-14-20)17-23(25(30)31)34-26-27-21-9-5-6-10-22(21)33-26/h5-6,9-14,19,23H,2-4,7-8,15-17H2,1H3,(H,30,31). The van der Waals surface area contributed by atoms with Crippen molar-refractivity contribution in [3.8, 4) is 5.75 Å². The summed E-state index contributed by atoms with van der Waals surface area (Å²) in [6, 6.07) is 15.4. The first-order valence-electron chi connectivity index (χ1n) is 11.7. The van der Waals surface area contributed by atoms with E-state index in [4.69, 9.17) is 4.74 Å². The number of thiazole rings is 1. The molecule has 180 valence electrons. The number of aliphatic carboxylic acids is 1. The van der Waals surface area contributed by atoms with Crippen LogP contribution in [0.2, 0.25) is 0 Å². The lowest BCUT2D eigenvalue weighted by Gasteiger charge is -2.26. The molecule has 0 saturated heterocycles. The van der Waals surface area contributed by atoms with Gasteiger partial charge in [0.05, 0.1) is 16.8 Å². The highest BCUT2D eigenvalue weighted by molar-refractivity contribution is 8.02. The monoisotopic (exact) mass is 498 g/mol. The molecule has 6 nitrogen and oxygen atoms in total. The number of carbonyl (C=O) groups excluding carboxylic acids is 1. The number of carbonyl (C=O) groups is 2. The molecule has 8 heteroatoms. The van der Waals surface area contributed by atoms with Gasteiger partial charge in [-0.2, -0.15) is 0 Å². The predicted molar refractivity (Wildman–Crippen MR) is 137 cm³/mol. The van der Waals surface area contributed by atoms with E-state index in [1.807, 2.05) is 55.6 Å². The van der Waals surface area contributed by atoms with Gasteiger partial charge in [0.2, 0.25) is 5.91 Å². The van der Waals surface area contributed by atoms with Crippen molar-refractivity contribution in [1.82, 2.24) is 9.88 Å². The van der Waals surface area contributed by atoms with E-state index in [-0.39, 0.29) is 11.8 Å². The van der Waals surface area contributed by atoms with Crippen LogP contribution in [-0.2, 0) is 16.0 Å². The molecule has 1 aromatic heterocycles. The fourth-order valence-corrected chi connectivity index (χ4v) is 6.49. The van der Waals surface area contributed by atoms with E-state index in [0.717, 1.165) is 45.8 Å². The second-order valence-corrected chi connectivity index (χ2v) is 11.2. The number of benzene rings is 2. The van der Waals surface area contributed by atoms with Gasteiger partial charge in [0.1, 0.15) is 17.6 Å². The topological polar surface area (TPSA) is 79.7 Å². The summed E-state index contributed by atoms with van der Waals surface area (Å²) in [5, 5.41) is 9.11. The molecule has 1 saturated carbocycles. The highest BCUT2D eigenvalue weighted by Gasteiger charge is 2.24. The fraction of sp³-hybridized carbons (Fsp3) is 0.423. The van der Waals surface area contributed by atoms with Gasteiger partial charge in [-0.3, -0.25) is 9.59 Å². The zero-order valence-electron chi connectivity index (χ0n) is 19.3. The predicted octanol–water partition coefficient (Wildman–Crippen LogP) is 5.50. The van der Waals surface area contributed by atoms with Gasteiger partial charge in [-0.1, -0.05) is 55.3 Å². The van der Waals surface area contributed by atoms with E-state index in [9.17, 15) is 14.7 Å². The molecule has 0 bridgehead atoms. The summed E-state index contributed by atoms with van der Waals surface area (Å²) in [6.07, 6.45) is 5.93. The van der Waals surface area contributed by atoms with Gasteiger partial charge in [-0.05, 0) is 49.1 Å². The molecule has 2 aromatic carbocycles. The molecule has 0 spiro atoms. The quantitative estimate of drug-likeness (QED) is 0.372. The Labute approximate surface area is 208 Å². The number of nitrogens with zero attached hydrogens (tertiary/aromatic N) is 2. The minimum absolute atomic E-state index is 0.167. The number of likely N-dealkylation sites (N-methyl/N-ethyl adjacent to an activating group) is 1. The summed E-state index contributed by atoms with van der Waals surface area (Å²) in [5.41, 5.74) is 1.82. The molecule has 0 aliphatic heterocycles. The number of para-hydroxylation sites is 1. The SMILES string of the molecule is CN(CCOc1ccc(CC(Sc2nc3ccccc3s2)C(=O)O)cc1)C(=O)C1CCCCC1. The van der Waals surface area contributed by atoms with Gasteiger partial charge >= 0.3 is 5.97 Å². The summed E-state index contributed by atoms with van der Waals surface area (Å²) >= 11 is 2.81. The van der Waals surface area contributed by atoms with Crippen LogP contribution in [0.5, 0.6) is 5.75 Å². The molecule has 1 aliphatic rings. The molecule has 1 amide bonds. The van der Waals surface area contributed by atoms with Crippen LogP contribution in [0.4, 0.5) is 0 Å². The van der Waals surface area contributed by atoms with E-state index in [0.29, 0.717) is 25.3 Å². The Bertz CT molecular complexity index is 1080. The van der Waals surface area contributed by atoms with Gasteiger partial charge < -0.3 is 14.7 Å². The average Bonchev–Trinajstić information content (AvgIpc) is 3.27. The molecule has 0 radical (unpaired) electrons. The van der Waals surface area contributed by atoms with Crippen molar-refractivity contribution in [2.45, 2.75) is 48.1 Å². The molecule has 1 atom stereocenters. The number of rotatable bonds is 10. The molecule has 1 N–H and O–H groups in total. The number of carboxylic acids is 1. The van der Waals surface area contributed by atoms with Crippen LogP contribution >= 0.6 is 23.1 Å². The maximum absolute atomic E-state index is 12.5. The Balaban J connectivity index is 1.27. The number of thioether (sulfide) groups is 1. The normalized spacial score (nSPS) is 15.2. The van der Waals surface area contributed by atoms with Gasteiger partial charge in [-0.25, -0.2) is 4.98 Å². The van der Waals surface area contributed by atoms with E-state index >= 15 is 0 Å². The van der Waals surface area contributed by atoms with Crippen LogP contribution in [0.3, 0.4) is 0 Å². The summed E-state index contributed by atoms with van der Waals surface area (Å²) in [6.45, 7) is 0.983. The molecule has 3 aromatic rings. The second kappa shape index (κ2) is 11.7. The number of carboxylic acid groups (broad SMARTS) is 1. The number of hydrogen-bond donors (Lipinski definition) is 1. The van der Waals surface area contributed by atoms with Crippen molar-refractivity contribution in [3.05, 3.63) is 54.1 Å². The fourth-order valence-electron chi connectivity index (χ4n) is 4.21. The Morgan fingerprint density at radius 2 is 1.88 bits per heavy atom. The van der Waals surface area contributed by atoms with Crippen molar-refractivity contribution in [2.24, 2.45) is 5.92 Å². The largest absolute Gasteiger partial charge is 0.492 e. The number of ether oxygens (including phenoxy) is 1. The highest BCUT2D eigenvalue weighted by atomic mass is 32.2. The zero-order chi connectivity index (χ0) is 23.9. The van der Waals surface area contributed by atoms with Crippen molar-refractivity contribution < 1.29 is 19.4 Å². The summed E-state index contributed by atoms with van der Waals surface area (Å²) in [4.78, 5) is 30.7. The van der Waals surface area contributed by atoms with Gasteiger partial charge in [-0.15, -0.1) is 11.3 Å². The second-order valence-electron chi connectivity index (χ2n) is 8.68. The smallest absolute Gasteiger partial charge is 0.317 e. The Kier molecular flexibility index (Phi) is 8.45. The van der Waals surface area contributed by atoms with Crippen LogP contribution in [0, 0.1) is 5.92 Å². The van der Waals surface area contributed by atoms with Crippen LogP contribution < -0.4 is 4.74 Å². The van der Waals surface area contributed by atoms with Crippen LogP contribution in [0.1, 0.15) is 37.7 Å². The van der Waals surface area contributed by atoms with Gasteiger partial charge in [0.15, 0.2) is 4.34 Å². The van der Waals surface area contributed by atoms with Crippen molar-refractivity contribution in [1.29, 1.82) is 0 Å². The first-order valence-corrected chi connectivity index (χ1v) is 13.4. The Morgan fingerprint density at radius 1 is 1.15 bits per heavy atom. The maximum atomic E-state index is 12.5. The summed E-state index contributed by atoms with van der Waals surface area (Å²) < 4.78 is 7.65. The van der Waals surface area contributed by atoms with Gasteiger partial charge in [0.25, 0.3) is 0 Å². The maximum Gasteiger partial charge on any atom is 0.317 e. The third kappa shape index (κ3) is 6.51.